The first kappa shape index (κ1) is 16.5. The van der Waals surface area contributed by atoms with Crippen LogP contribution in [0.1, 0.15) is 29.3 Å². The maximum Gasteiger partial charge on any atom is 0.338 e. The highest BCUT2D eigenvalue weighted by Crippen LogP contribution is 2.37. The van der Waals surface area contributed by atoms with Crippen molar-refractivity contribution in [3.63, 3.8) is 0 Å². The van der Waals surface area contributed by atoms with Crippen molar-refractivity contribution in [2.75, 3.05) is 6.61 Å². The van der Waals surface area contributed by atoms with Crippen LogP contribution in [0, 0.1) is 18.8 Å². The predicted molar refractivity (Wildman–Crippen MR) is 97.5 cm³/mol. The van der Waals surface area contributed by atoms with Crippen LogP contribution in [-0.4, -0.2) is 22.8 Å². The Morgan fingerprint density at radius 2 is 1.81 bits per heavy atom. The fraction of sp³-hybridized carbons (Fsp3) is 0.286. The summed E-state index contributed by atoms with van der Waals surface area (Å²) in [6, 6.07) is 14.9. The molecule has 0 aliphatic heterocycles. The molecule has 2 atom stereocenters. The Balaban J connectivity index is 1.47. The van der Waals surface area contributed by atoms with Gasteiger partial charge in [-0.05, 0) is 61.1 Å². The zero-order valence-electron chi connectivity index (χ0n) is 14.8. The minimum Gasteiger partial charge on any atom is -0.462 e. The number of esters is 1. The molecule has 3 aromatic rings. The zero-order valence-corrected chi connectivity index (χ0v) is 14.8. The first-order chi connectivity index (χ1) is 12.6. The molecule has 0 N–H and O–H groups in total. The Hall–Kier alpha value is -2.95. The Bertz CT molecular complexity index is 930. The average molecular weight is 348 g/mol. The van der Waals surface area contributed by atoms with E-state index in [1.165, 1.54) is 0 Å². The van der Waals surface area contributed by atoms with Crippen molar-refractivity contribution >= 4 is 5.97 Å². The van der Waals surface area contributed by atoms with Crippen LogP contribution in [-0.2, 0) is 4.74 Å². The lowest BCUT2D eigenvalue weighted by Gasteiger charge is -2.04. The van der Waals surface area contributed by atoms with E-state index in [0.29, 0.717) is 35.8 Å². The Morgan fingerprint density at radius 3 is 2.50 bits per heavy atom. The number of rotatable bonds is 5. The molecule has 0 saturated heterocycles. The van der Waals surface area contributed by atoms with E-state index in [4.69, 9.17) is 9.15 Å². The molecule has 5 nitrogen and oxygen atoms in total. The van der Waals surface area contributed by atoms with Crippen molar-refractivity contribution in [1.29, 1.82) is 0 Å². The average Bonchev–Trinajstić information content (AvgIpc) is 3.16. The van der Waals surface area contributed by atoms with Gasteiger partial charge in [-0.25, -0.2) is 4.79 Å². The number of ether oxygens (including phenoxy) is 1. The van der Waals surface area contributed by atoms with Gasteiger partial charge in [0.1, 0.15) is 0 Å². The van der Waals surface area contributed by atoms with Gasteiger partial charge in [-0.15, -0.1) is 10.2 Å². The maximum absolute atomic E-state index is 12.1. The first-order valence-corrected chi connectivity index (χ1v) is 8.79. The fourth-order valence-electron chi connectivity index (χ4n) is 2.91. The van der Waals surface area contributed by atoms with Crippen molar-refractivity contribution in [1.82, 2.24) is 10.2 Å². The molecule has 0 unspecified atom stereocenters. The van der Waals surface area contributed by atoms with Crippen LogP contribution >= 0.6 is 0 Å². The van der Waals surface area contributed by atoms with Crippen molar-refractivity contribution in [2.24, 2.45) is 11.8 Å². The van der Waals surface area contributed by atoms with E-state index in [1.807, 2.05) is 31.2 Å². The minimum absolute atomic E-state index is 0.290. The molecule has 132 valence electrons. The van der Waals surface area contributed by atoms with Gasteiger partial charge in [0.2, 0.25) is 11.8 Å². The summed E-state index contributed by atoms with van der Waals surface area (Å²) >= 11 is 0. The van der Waals surface area contributed by atoms with Crippen LogP contribution in [0.15, 0.2) is 52.9 Å². The number of aromatic nitrogens is 2. The number of carbonyl (C=O) groups is 1. The molecule has 0 spiro atoms. The smallest absolute Gasteiger partial charge is 0.338 e. The number of carbonyl (C=O) groups excluding carboxylic acids is 1. The van der Waals surface area contributed by atoms with Gasteiger partial charge in [-0.2, -0.15) is 0 Å². The summed E-state index contributed by atoms with van der Waals surface area (Å²) in [5.74, 6) is 1.82. The lowest BCUT2D eigenvalue weighted by molar-refractivity contribution is 0.0481. The van der Waals surface area contributed by atoms with Gasteiger partial charge in [0, 0.05) is 11.1 Å². The topological polar surface area (TPSA) is 65.2 Å². The van der Waals surface area contributed by atoms with E-state index >= 15 is 0 Å². The highest BCUT2D eigenvalue weighted by atomic mass is 16.5. The van der Waals surface area contributed by atoms with Gasteiger partial charge in [0.05, 0.1) is 12.2 Å². The third-order valence-electron chi connectivity index (χ3n) is 4.87. The summed E-state index contributed by atoms with van der Waals surface area (Å²) in [5.41, 5.74) is 3.29. The van der Waals surface area contributed by atoms with Gasteiger partial charge in [-0.1, -0.05) is 25.1 Å². The summed E-state index contributed by atoms with van der Waals surface area (Å²) in [5, 5.41) is 8.26. The van der Waals surface area contributed by atoms with E-state index < -0.39 is 0 Å². The van der Waals surface area contributed by atoms with Gasteiger partial charge < -0.3 is 9.15 Å². The molecule has 1 heterocycles. The van der Waals surface area contributed by atoms with Gasteiger partial charge in [-0.3, -0.25) is 0 Å². The third kappa shape index (κ3) is 3.38. The van der Waals surface area contributed by atoms with Crippen molar-refractivity contribution in [2.45, 2.75) is 20.3 Å². The van der Waals surface area contributed by atoms with Crippen LogP contribution < -0.4 is 0 Å². The molecular weight excluding hydrogens is 328 g/mol. The number of aryl methyl sites for hydroxylation is 1. The molecule has 0 radical (unpaired) electrons. The Labute approximate surface area is 152 Å². The molecule has 1 aliphatic rings. The fourth-order valence-corrected chi connectivity index (χ4v) is 2.91. The second kappa shape index (κ2) is 6.75. The predicted octanol–water partition coefficient (Wildman–Crippen LogP) is 4.52. The number of benzene rings is 2. The van der Waals surface area contributed by atoms with Crippen LogP contribution in [0.25, 0.3) is 22.9 Å². The molecule has 1 fully saturated rings. The second-order valence-corrected chi connectivity index (χ2v) is 6.88. The zero-order chi connectivity index (χ0) is 18.1. The maximum atomic E-state index is 12.1. The van der Waals surface area contributed by atoms with Crippen LogP contribution in [0.4, 0.5) is 0 Å². The quantitative estimate of drug-likeness (QED) is 0.634. The largest absolute Gasteiger partial charge is 0.462 e. The van der Waals surface area contributed by atoms with Crippen molar-refractivity contribution in [3.05, 3.63) is 59.7 Å². The third-order valence-corrected chi connectivity index (χ3v) is 4.87. The highest BCUT2D eigenvalue weighted by molar-refractivity contribution is 5.89. The molecule has 26 heavy (non-hydrogen) atoms. The molecule has 1 aliphatic carbocycles. The van der Waals surface area contributed by atoms with E-state index in [9.17, 15) is 4.79 Å². The van der Waals surface area contributed by atoms with Crippen molar-refractivity contribution in [3.8, 4) is 22.9 Å². The lowest BCUT2D eigenvalue weighted by atomic mass is 10.1. The summed E-state index contributed by atoms with van der Waals surface area (Å²) < 4.78 is 11.2. The molecule has 1 aromatic heterocycles. The number of nitrogens with zero attached hydrogens (tertiary/aromatic N) is 2. The van der Waals surface area contributed by atoms with E-state index in [1.54, 1.807) is 24.3 Å². The molecule has 0 bridgehead atoms. The molecular formula is C21H20N2O3. The summed E-state index contributed by atoms with van der Waals surface area (Å²) in [4.78, 5) is 12.1. The molecule has 5 heteroatoms. The Kier molecular flexibility index (Phi) is 4.29. The minimum atomic E-state index is -0.290. The first-order valence-electron chi connectivity index (χ1n) is 8.79. The second-order valence-electron chi connectivity index (χ2n) is 6.88. The lowest BCUT2D eigenvalue weighted by Crippen LogP contribution is -2.07. The van der Waals surface area contributed by atoms with Gasteiger partial charge >= 0.3 is 5.97 Å². The molecule has 0 amide bonds. The monoisotopic (exact) mass is 348 g/mol. The van der Waals surface area contributed by atoms with Crippen LogP contribution in [0.2, 0.25) is 0 Å². The van der Waals surface area contributed by atoms with E-state index in [-0.39, 0.29) is 5.97 Å². The van der Waals surface area contributed by atoms with Crippen LogP contribution in [0.3, 0.4) is 0 Å². The van der Waals surface area contributed by atoms with Gasteiger partial charge in [0.25, 0.3) is 0 Å². The molecule has 2 aromatic carbocycles. The van der Waals surface area contributed by atoms with Crippen molar-refractivity contribution < 1.29 is 13.9 Å². The van der Waals surface area contributed by atoms with Crippen LogP contribution in [0.5, 0.6) is 0 Å². The standard InChI is InChI=1S/C21H20N2O3/c1-13-5-3-4-6-18(13)20-23-22-19(26-20)15-7-9-16(10-8-15)21(24)25-12-17-11-14(17)2/h3-10,14,17H,11-12H2,1-2H3/t14-,17-/m1/s1. The number of hydrogen-bond acceptors (Lipinski definition) is 5. The SMILES string of the molecule is Cc1ccccc1-c1nnc(-c2ccc(C(=O)OC[C@H]3C[C@H]3C)cc2)o1. The Morgan fingerprint density at radius 1 is 1.12 bits per heavy atom. The molecule has 1 saturated carbocycles. The van der Waals surface area contributed by atoms with E-state index in [0.717, 1.165) is 23.1 Å². The summed E-state index contributed by atoms with van der Waals surface area (Å²) in [6.07, 6.45) is 1.15. The highest BCUT2D eigenvalue weighted by Gasteiger charge is 2.33. The normalized spacial score (nSPS) is 18.5. The van der Waals surface area contributed by atoms with E-state index in [2.05, 4.69) is 17.1 Å². The number of hydrogen-bond donors (Lipinski definition) is 0. The van der Waals surface area contributed by atoms with Gasteiger partial charge in [0.15, 0.2) is 0 Å². The summed E-state index contributed by atoms with van der Waals surface area (Å²) in [7, 11) is 0. The summed E-state index contributed by atoms with van der Waals surface area (Å²) in [6.45, 7) is 4.68. The molecule has 4 rings (SSSR count).